The predicted molar refractivity (Wildman–Crippen MR) is 123 cm³/mol. The minimum Gasteiger partial charge on any atom is -0.505 e. The number of aliphatic imine (C=N–C) groups is 2. The first-order valence-corrected chi connectivity index (χ1v) is 10.9. The van der Waals surface area contributed by atoms with Crippen LogP contribution in [0.25, 0.3) is 11.4 Å². The summed E-state index contributed by atoms with van der Waals surface area (Å²) >= 11 is 1.07. The Morgan fingerprint density at radius 2 is 2.00 bits per heavy atom. The molecule has 0 aliphatic heterocycles. The van der Waals surface area contributed by atoms with Crippen LogP contribution in [0, 0.1) is 12.7 Å². The van der Waals surface area contributed by atoms with Gasteiger partial charge in [-0.05, 0) is 43.5 Å². The van der Waals surface area contributed by atoms with Crippen LogP contribution in [-0.4, -0.2) is 52.1 Å². The van der Waals surface area contributed by atoms with Gasteiger partial charge in [0.15, 0.2) is 11.6 Å². The van der Waals surface area contributed by atoms with E-state index in [0.29, 0.717) is 29.6 Å². The molecule has 0 spiro atoms. The van der Waals surface area contributed by atoms with Crippen LogP contribution in [0.4, 0.5) is 14.9 Å². The summed E-state index contributed by atoms with van der Waals surface area (Å²) in [6.07, 6.45) is 0.781. The highest BCUT2D eigenvalue weighted by Gasteiger charge is 2.21. The number of aromatic hydroxyl groups is 1. The van der Waals surface area contributed by atoms with E-state index in [4.69, 9.17) is 9.26 Å². The Hall–Kier alpha value is -3.73. The third-order valence-electron chi connectivity index (χ3n) is 4.25. The number of benzene rings is 2. The van der Waals surface area contributed by atoms with Crippen molar-refractivity contribution in [2.24, 2.45) is 9.98 Å². The molecule has 0 fully saturated rings. The molecule has 1 N–H and O–H groups in total. The molecule has 0 aliphatic carbocycles. The predicted octanol–water partition coefficient (Wildman–Crippen LogP) is 4.94. The van der Waals surface area contributed by atoms with Crippen molar-refractivity contribution in [3.63, 3.8) is 0 Å². The minimum absolute atomic E-state index is 0.0189. The quantitative estimate of drug-likeness (QED) is 0.396. The lowest BCUT2D eigenvalue weighted by Crippen LogP contribution is -2.16. The average Bonchev–Trinajstić information content (AvgIpc) is 3.25. The van der Waals surface area contributed by atoms with Crippen molar-refractivity contribution in [1.29, 1.82) is 0 Å². The number of hydrogen-bond donors (Lipinski definition) is 1. The molecule has 172 valence electrons. The molecule has 11 heteroatoms. The summed E-state index contributed by atoms with van der Waals surface area (Å²) in [4.78, 5) is 24.4. The van der Waals surface area contributed by atoms with Crippen LogP contribution in [0.5, 0.6) is 11.5 Å². The Morgan fingerprint density at radius 3 is 2.58 bits per heavy atom. The summed E-state index contributed by atoms with van der Waals surface area (Å²) in [6.45, 7) is 3.75. The minimum atomic E-state index is -0.928. The van der Waals surface area contributed by atoms with Gasteiger partial charge in [0.25, 0.3) is 0 Å². The number of nitrogens with zero attached hydrogens (tertiary/aromatic N) is 4. The second-order valence-electron chi connectivity index (χ2n) is 6.47. The smallest absolute Gasteiger partial charge is 0.434 e. The van der Waals surface area contributed by atoms with E-state index >= 15 is 0 Å². The number of phenols is 1. The standard InChI is InChI=1S/C22H21FN4O5S/c1-5-31-15-10-16(18(23)17(28)11-15)19(21(33-4)26-22(29)30-3)25-14-8-6-13(7-9-14)20-24-12(2)32-27-20/h6-11,28H,5H2,1-4H3/b25-19-,26-21-. The number of carbonyl (C=O) groups excluding carboxylic acids is 1. The van der Waals surface area contributed by atoms with Crippen molar-refractivity contribution in [3.8, 4) is 22.9 Å². The number of carbonyl (C=O) groups is 1. The Balaban J connectivity index is 2.14. The van der Waals surface area contributed by atoms with Gasteiger partial charge in [0.2, 0.25) is 11.7 Å². The molecule has 3 rings (SSSR count). The highest BCUT2D eigenvalue weighted by molar-refractivity contribution is 8.15. The van der Waals surface area contributed by atoms with Crippen molar-refractivity contribution in [3.05, 3.63) is 53.7 Å². The Bertz CT molecular complexity index is 1210. The molecule has 0 aliphatic rings. The molecular formula is C22H21FN4O5S. The van der Waals surface area contributed by atoms with Crippen molar-refractivity contribution in [2.45, 2.75) is 13.8 Å². The van der Waals surface area contributed by atoms with Gasteiger partial charge < -0.3 is 19.1 Å². The SMILES string of the molecule is CCOc1cc(O)c(F)c(C(=N/c2ccc(-c3noc(C)n3)cc2)/C(=N/C(=O)OC)SC)c1. The molecular weight excluding hydrogens is 451 g/mol. The molecule has 0 unspecified atom stereocenters. The number of methoxy groups -OCH3 is 1. The van der Waals surface area contributed by atoms with Crippen LogP contribution in [-0.2, 0) is 4.74 Å². The second kappa shape index (κ2) is 10.7. The van der Waals surface area contributed by atoms with Crippen molar-refractivity contribution < 1.29 is 28.3 Å². The first-order chi connectivity index (χ1) is 15.9. The summed E-state index contributed by atoms with van der Waals surface area (Å²) in [6, 6.07) is 9.33. The summed E-state index contributed by atoms with van der Waals surface area (Å²) in [7, 11) is 1.18. The van der Waals surface area contributed by atoms with E-state index in [9.17, 15) is 14.3 Å². The zero-order valence-corrected chi connectivity index (χ0v) is 19.1. The molecule has 1 aromatic heterocycles. The van der Waals surface area contributed by atoms with Crippen LogP contribution in [0.1, 0.15) is 18.4 Å². The van der Waals surface area contributed by atoms with E-state index in [2.05, 4.69) is 24.9 Å². The number of aryl methyl sites for hydroxylation is 1. The van der Waals surface area contributed by atoms with Crippen molar-refractivity contribution in [1.82, 2.24) is 10.1 Å². The number of aromatic nitrogens is 2. The Kier molecular flexibility index (Phi) is 7.78. The maximum Gasteiger partial charge on any atom is 0.434 e. The van der Waals surface area contributed by atoms with Gasteiger partial charge in [-0.15, -0.1) is 11.8 Å². The average molecular weight is 472 g/mol. The van der Waals surface area contributed by atoms with Gasteiger partial charge in [0.05, 0.1) is 19.4 Å². The van der Waals surface area contributed by atoms with Crippen LogP contribution in [0.2, 0.25) is 0 Å². The van der Waals surface area contributed by atoms with E-state index in [-0.39, 0.29) is 22.1 Å². The van der Waals surface area contributed by atoms with Crippen molar-refractivity contribution in [2.75, 3.05) is 20.0 Å². The highest BCUT2D eigenvalue weighted by Crippen LogP contribution is 2.30. The van der Waals surface area contributed by atoms with E-state index in [1.165, 1.54) is 13.2 Å². The van der Waals surface area contributed by atoms with E-state index in [0.717, 1.165) is 17.8 Å². The largest absolute Gasteiger partial charge is 0.505 e. The van der Waals surface area contributed by atoms with E-state index in [1.807, 2.05) is 0 Å². The third kappa shape index (κ3) is 5.75. The molecule has 0 bridgehead atoms. The highest BCUT2D eigenvalue weighted by atomic mass is 32.2. The normalized spacial score (nSPS) is 12.0. The molecule has 1 amide bonds. The van der Waals surface area contributed by atoms with Crippen LogP contribution in [0.3, 0.4) is 0 Å². The molecule has 0 radical (unpaired) electrons. The van der Waals surface area contributed by atoms with E-state index < -0.39 is 17.7 Å². The molecule has 9 nitrogen and oxygen atoms in total. The number of phenolic OH excluding ortho intramolecular Hbond substituents is 1. The fourth-order valence-corrected chi connectivity index (χ4v) is 3.30. The number of rotatable bonds is 6. The molecule has 0 atom stereocenters. The lowest BCUT2D eigenvalue weighted by molar-refractivity contribution is 0.183. The number of hydrogen-bond acceptors (Lipinski definition) is 9. The van der Waals surface area contributed by atoms with E-state index in [1.54, 1.807) is 44.4 Å². The molecule has 1 heterocycles. The van der Waals surface area contributed by atoms with Crippen LogP contribution < -0.4 is 4.74 Å². The summed E-state index contributed by atoms with van der Waals surface area (Å²) < 4.78 is 30.0. The maximum atomic E-state index is 15.0. The topological polar surface area (TPSA) is 119 Å². The lowest BCUT2D eigenvalue weighted by Gasteiger charge is -2.13. The zero-order chi connectivity index (χ0) is 24.0. The van der Waals surface area contributed by atoms with Crippen molar-refractivity contribution >= 4 is 34.3 Å². The summed E-state index contributed by atoms with van der Waals surface area (Å²) in [5.41, 5.74) is 1.06. The fraction of sp³-hybridized carbons (Fsp3) is 0.227. The maximum absolute atomic E-state index is 15.0. The van der Waals surface area contributed by atoms with Gasteiger partial charge in [0, 0.05) is 24.1 Å². The number of amides is 1. The third-order valence-corrected chi connectivity index (χ3v) is 4.92. The zero-order valence-electron chi connectivity index (χ0n) is 18.3. The van der Waals surface area contributed by atoms with Crippen LogP contribution in [0.15, 0.2) is 50.9 Å². The fourth-order valence-electron chi connectivity index (χ4n) is 2.78. The monoisotopic (exact) mass is 472 g/mol. The van der Waals surface area contributed by atoms with Gasteiger partial charge in [-0.2, -0.15) is 9.98 Å². The van der Waals surface area contributed by atoms with Gasteiger partial charge >= 0.3 is 6.09 Å². The molecule has 33 heavy (non-hydrogen) atoms. The lowest BCUT2D eigenvalue weighted by atomic mass is 10.1. The molecule has 0 saturated heterocycles. The second-order valence-corrected chi connectivity index (χ2v) is 7.27. The van der Waals surface area contributed by atoms with Crippen LogP contribution >= 0.6 is 11.8 Å². The molecule has 2 aromatic carbocycles. The molecule has 3 aromatic rings. The first kappa shape index (κ1) is 23.9. The van der Waals surface area contributed by atoms with Gasteiger partial charge in [-0.25, -0.2) is 14.2 Å². The first-order valence-electron chi connectivity index (χ1n) is 9.72. The Morgan fingerprint density at radius 1 is 1.27 bits per heavy atom. The summed E-state index contributed by atoms with van der Waals surface area (Å²) in [5.74, 6) is -0.462. The Labute approximate surface area is 193 Å². The van der Waals surface area contributed by atoms with Gasteiger partial charge in [0.1, 0.15) is 16.5 Å². The number of ether oxygens (including phenoxy) is 2. The summed E-state index contributed by atoms with van der Waals surface area (Å²) in [5, 5.41) is 14.1. The van der Waals surface area contributed by atoms with Gasteiger partial charge in [-0.3, -0.25) is 0 Å². The number of halogens is 1. The molecule has 0 saturated carbocycles. The number of thioether (sulfide) groups is 1. The van der Waals surface area contributed by atoms with Gasteiger partial charge in [-0.1, -0.05) is 5.16 Å².